The topological polar surface area (TPSA) is 52.6 Å². The number of carbonyl (C=O) groups is 2. The fourth-order valence-corrected chi connectivity index (χ4v) is 1.24. The van der Waals surface area contributed by atoms with Gasteiger partial charge in [-0.2, -0.15) is 0 Å². The third kappa shape index (κ3) is 8.64. The number of halogens is 2. The Morgan fingerprint density at radius 1 is 0.938 bits per heavy atom. The van der Waals surface area contributed by atoms with Crippen molar-refractivity contribution in [3.8, 4) is 0 Å². The second kappa shape index (κ2) is 10.9. The molecule has 0 amide bonds. The van der Waals surface area contributed by atoms with E-state index >= 15 is 0 Å². The molecule has 0 aliphatic carbocycles. The molecule has 0 bridgehead atoms. The largest absolute Gasteiger partial charge is 0.457 e. The fourth-order valence-electron chi connectivity index (χ4n) is 0.841. The van der Waals surface area contributed by atoms with Gasteiger partial charge in [-0.1, -0.05) is 15.9 Å². The lowest BCUT2D eigenvalue weighted by Gasteiger charge is -2.04. The summed E-state index contributed by atoms with van der Waals surface area (Å²) in [5.41, 5.74) is 0. The summed E-state index contributed by atoms with van der Waals surface area (Å²) in [6.45, 7) is -0.183. The first kappa shape index (κ1) is 15.3. The summed E-state index contributed by atoms with van der Waals surface area (Å²) in [6.07, 6.45) is 2.32. The Kier molecular flexibility index (Phi) is 10.4. The average molecular weight is 299 g/mol. The van der Waals surface area contributed by atoms with Gasteiger partial charge in [-0.3, -0.25) is 4.39 Å². The van der Waals surface area contributed by atoms with E-state index in [0.717, 1.165) is 11.8 Å². The molecule has 0 N–H and O–H groups in total. The lowest BCUT2D eigenvalue weighted by molar-refractivity contribution is -0.167. The van der Waals surface area contributed by atoms with E-state index < -0.39 is 18.6 Å². The standard InChI is InChI=1S/C10H16BrFO4/c11-5-1-3-7-15-9(13)10(14)16-8-4-2-6-12/h1-8H2. The summed E-state index contributed by atoms with van der Waals surface area (Å²) < 4.78 is 20.9. The van der Waals surface area contributed by atoms with E-state index in [2.05, 4.69) is 25.4 Å². The average Bonchev–Trinajstić information content (AvgIpc) is 2.29. The molecule has 16 heavy (non-hydrogen) atoms. The zero-order valence-corrected chi connectivity index (χ0v) is 10.6. The van der Waals surface area contributed by atoms with Crippen molar-refractivity contribution in [2.75, 3.05) is 25.2 Å². The lowest BCUT2D eigenvalue weighted by atomic mass is 10.3. The Morgan fingerprint density at radius 3 is 1.88 bits per heavy atom. The molecule has 0 heterocycles. The monoisotopic (exact) mass is 298 g/mol. The zero-order chi connectivity index (χ0) is 12.2. The molecule has 0 saturated heterocycles. The number of unbranched alkanes of at least 4 members (excludes halogenated alkanes) is 2. The fraction of sp³-hybridized carbons (Fsp3) is 0.800. The number of carbonyl (C=O) groups excluding carboxylic acids is 2. The van der Waals surface area contributed by atoms with E-state index in [1.807, 2.05) is 0 Å². The van der Waals surface area contributed by atoms with Crippen LogP contribution in [0.5, 0.6) is 0 Å². The van der Waals surface area contributed by atoms with Crippen LogP contribution in [-0.2, 0) is 19.1 Å². The highest BCUT2D eigenvalue weighted by molar-refractivity contribution is 9.09. The number of ether oxygens (including phenoxy) is 2. The number of esters is 2. The van der Waals surface area contributed by atoms with Gasteiger partial charge in [0.05, 0.1) is 19.9 Å². The van der Waals surface area contributed by atoms with Crippen molar-refractivity contribution in [3.05, 3.63) is 0 Å². The predicted molar refractivity (Wildman–Crippen MR) is 60.2 cm³/mol. The van der Waals surface area contributed by atoms with E-state index in [4.69, 9.17) is 0 Å². The van der Waals surface area contributed by atoms with Crippen LogP contribution in [0.1, 0.15) is 25.7 Å². The third-order valence-electron chi connectivity index (χ3n) is 1.69. The first-order valence-corrected chi connectivity index (χ1v) is 6.30. The molecule has 6 heteroatoms. The molecular weight excluding hydrogens is 283 g/mol. The highest BCUT2D eigenvalue weighted by Crippen LogP contribution is 1.96. The van der Waals surface area contributed by atoms with Gasteiger partial charge >= 0.3 is 11.9 Å². The van der Waals surface area contributed by atoms with Crippen molar-refractivity contribution in [1.82, 2.24) is 0 Å². The summed E-state index contributed by atoms with van der Waals surface area (Å²) in [4.78, 5) is 22.0. The zero-order valence-electron chi connectivity index (χ0n) is 9.05. The van der Waals surface area contributed by atoms with E-state index in [9.17, 15) is 14.0 Å². The van der Waals surface area contributed by atoms with Gasteiger partial charge in [-0.05, 0) is 25.7 Å². The Morgan fingerprint density at radius 2 is 1.44 bits per heavy atom. The van der Waals surface area contributed by atoms with E-state index in [0.29, 0.717) is 19.3 Å². The quantitative estimate of drug-likeness (QED) is 0.298. The minimum atomic E-state index is -1.00. The van der Waals surface area contributed by atoms with Crippen LogP contribution in [0.4, 0.5) is 4.39 Å². The molecule has 0 saturated carbocycles. The SMILES string of the molecule is O=C(OCCCCF)C(=O)OCCCCBr. The summed E-state index contributed by atoms with van der Waals surface area (Å²) in [6, 6.07) is 0. The lowest BCUT2D eigenvalue weighted by Crippen LogP contribution is -2.21. The van der Waals surface area contributed by atoms with Gasteiger partial charge in [0.25, 0.3) is 0 Å². The molecule has 0 rings (SSSR count). The highest BCUT2D eigenvalue weighted by atomic mass is 79.9. The van der Waals surface area contributed by atoms with Gasteiger partial charge in [0, 0.05) is 5.33 Å². The molecule has 0 aliphatic rings. The molecule has 0 spiro atoms. The van der Waals surface area contributed by atoms with Crippen LogP contribution in [0.3, 0.4) is 0 Å². The number of hydrogen-bond acceptors (Lipinski definition) is 4. The molecule has 0 fully saturated rings. The minimum Gasteiger partial charge on any atom is -0.457 e. The number of hydrogen-bond donors (Lipinski definition) is 0. The smallest absolute Gasteiger partial charge is 0.417 e. The summed E-state index contributed by atoms with van der Waals surface area (Å²) in [5, 5.41) is 0.832. The van der Waals surface area contributed by atoms with Crippen molar-refractivity contribution in [3.63, 3.8) is 0 Å². The van der Waals surface area contributed by atoms with Gasteiger partial charge in [0.15, 0.2) is 0 Å². The summed E-state index contributed by atoms with van der Waals surface area (Å²) in [7, 11) is 0. The van der Waals surface area contributed by atoms with Crippen molar-refractivity contribution < 1.29 is 23.5 Å². The van der Waals surface area contributed by atoms with E-state index in [1.54, 1.807) is 0 Å². The van der Waals surface area contributed by atoms with Crippen LogP contribution >= 0.6 is 15.9 Å². The Labute approximate surface area is 103 Å². The molecule has 0 aromatic carbocycles. The molecule has 94 valence electrons. The van der Waals surface area contributed by atoms with Gasteiger partial charge in [0.1, 0.15) is 0 Å². The maximum atomic E-state index is 11.7. The first-order chi connectivity index (χ1) is 7.72. The number of alkyl halides is 2. The van der Waals surface area contributed by atoms with Crippen molar-refractivity contribution >= 4 is 27.9 Å². The first-order valence-electron chi connectivity index (χ1n) is 5.18. The molecule has 0 aromatic heterocycles. The van der Waals surface area contributed by atoms with Crippen molar-refractivity contribution in [2.45, 2.75) is 25.7 Å². The third-order valence-corrected chi connectivity index (χ3v) is 2.25. The van der Waals surface area contributed by atoms with Gasteiger partial charge < -0.3 is 9.47 Å². The molecule has 0 unspecified atom stereocenters. The van der Waals surface area contributed by atoms with Crippen molar-refractivity contribution in [2.24, 2.45) is 0 Å². The van der Waals surface area contributed by atoms with Crippen LogP contribution in [0.2, 0.25) is 0 Å². The molecule has 0 aromatic rings. The molecule has 4 nitrogen and oxygen atoms in total. The summed E-state index contributed by atoms with van der Waals surface area (Å²) in [5.74, 6) is -1.98. The van der Waals surface area contributed by atoms with Crippen LogP contribution in [0, 0.1) is 0 Å². The summed E-state index contributed by atoms with van der Waals surface area (Å²) >= 11 is 3.23. The van der Waals surface area contributed by atoms with E-state index in [1.165, 1.54) is 0 Å². The van der Waals surface area contributed by atoms with E-state index in [-0.39, 0.29) is 13.2 Å². The second-order valence-electron chi connectivity index (χ2n) is 3.06. The van der Waals surface area contributed by atoms with Crippen LogP contribution in [0.15, 0.2) is 0 Å². The molecule has 0 aliphatic heterocycles. The molecule has 0 radical (unpaired) electrons. The van der Waals surface area contributed by atoms with Crippen LogP contribution in [0.25, 0.3) is 0 Å². The Balaban J connectivity index is 3.46. The maximum Gasteiger partial charge on any atom is 0.417 e. The molecular formula is C10H16BrFO4. The highest BCUT2D eigenvalue weighted by Gasteiger charge is 2.16. The Bertz CT molecular complexity index is 189. The Hall–Kier alpha value is -0.650. The number of rotatable bonds is 8. The minimum absolute atomic E-state index is 0.0548. The van der Waals surface area contributed by atoms with Crippen molar-refractivity contribution in [1.29, 1.82) is 0 Å². The van der Waals surface area contributed by atoms with Gasteiger partial charge in [-0.25, -0.2) is 9.59 Å². The van der Waals surface area contributed by atoms with Crippen LogP contribution in [-0.4, -0.2) is 37.2 Å². The van der Waals surface area contributed by atoms with Gasteiger partial charge in [-0.15, -0.1) is 0 Å². The maximum absolute atomic E-state index is 11.7. The normalized spacial score (nSPS) is 9.88. The molecule has 0 atom stereocenters. The second-order valence-corrected chi connectivity index (χ2v) is 3.86. The van der Waals surface area contributed by atoms with Crippen LogP contribution < -0.4 is 0 Å². The predicted octanol–water partition coefficient (Wildman–Crippen LogP) is 2.00. The van der Waals surface area contributed by atoms with Gasteiger partial charge in [0.2, 0.25) is 0 Å².